The number of anilines is 1. The van der Waals surface area contributed by atoms with Crippen LogP contribution in [0.15, 0.2) is 36.7 Å². The van der Waals surface area contributed by atoms with E-state index in [1.165, 1.54) is 0 Å². The van der Waals surface area contributed by atoms with Gasteiger partial charge in [0.1, 0.15) is 0 Å². The molecular formula is C18H22N6O3S. The second-order valence-electron chi connectivity index (χ2n) is 6.80. The Hall–Kier alpha value is -2.53. The molecule has 4 heterocycles. The molecule has 1 aliphatic heterocycles. The highest BCUT2D eigenvalue weighted by Crippen LogP contribution is 2.40. The van der Waals surface area contributed by atoms with E-state index < -0.39 is 10.6 Å². The summed E-state index contributed by atoms with van der Waals surface area (Å²) in [4.78, 5) is 27.7. The van der Waals surface area contributed by atoms with E-state index in [-0.39, 0.29) is 17.7 Å². The van der Waals surface area contributed by atoms with Crippen LogP contribution < -0.4 is 5.32 Å². The summed E-state index contributed by atoms with van der Waals surface area (Å²) < 4.78 is 21.3. The molecule has 0 radical (unpaired) electrons. The largest absolute Gasteiger partial charge is 0.299 e. The van der Waals surface area contributed by atoms with Gasteiger partial charge in [-0.05, 0) is 25.1 Å². The molecule has 4 rings (SSSR count). The molecule has 1 amide bonds. The fourth-order valence-corrected chi connectivity index (χ4v) is 4.48. The predicted molar refractivity (Wildman–Crippen MR) is 108 cm³/mol. The van der Waals surface area contributed by atoms with Crippen molar-refractivity contribution < 1.29 is 13.9 Å². The standard InChI is InChI=1S/C18H22N6O3S/c1-13-5-6-19-18(20-13)22-17(25)16-21-14(15-4-2-3-7-24(15)16)12-23-8-10-28(26,27)11-9-23/h2-7,26-27H,8-12H2,1H3,(H,19,20,22,25). The summed E-state index contributed by atoms with van der Waals surface area (Å²) in [6.45, 7) is 3.55. The Labute approximate surface area is 163 Å². The van der Waals surface area contributed by atoms with Gasteiger partial charge < -0.3 is 0 Å². The number of pyridine rings is 1. The van der Waals surface area contributed by atoms with Crippen LogP contribution in [-0.2, 0) is 6.54 Å². The van der Waals surface area contributed by atoms with Crippen molar-refractivity contribution >= 4 is 28.0 Å². The van der Waals surface area contributed by atoms with Crippen molar-refractivity contribution in [2.24, 2.45) is 0 Å². The predicted octanol–water partition coefficient (Wildman–Crippen LogP) is 2.25. The topological polar surface area (TPSA) is 116 Å². The maximum Gasteiger partial charge on any atom is 0.294 e. The number of aryl methyl sites for hydroxylation is 1. The molecule has 3 N–H and O–H groups in total. The van der Waals surface area contributed by atoms with Crippen LogP contribution in [0, 0.1) is 6.92 Å². The number of imidazole rings is 1. The monoisotopic (exact) mass is 402 g/mol. The Balaban J connectivity index is 1.58. The maximum atomic E-state index is 12.8. The highest BCUT2D eigenvalue weighted by molar-refractivity contribution is 8.24. The lowest BCUT2D eigenvalue weighted by Gasteiger charge is -2.40. The first-order chi connectivity index (χ1) is 13.4. The van der Waals surface area contributed by atoms with E-state index in [9.17, 15) is 13.9 Å². The van der Waals surface area contributed by atoms with Crippen LogP contribution in [0.3, 0.4) is 0 Å². The molecule has 1 saturated heterocycles. The lowest BCUT2D eigenvalue weighted by atomic mass is 10.3. The van der Waals surface area contributed by atoms with Crippen molar-refractivity contribution in [2.45, 2.75) is 13.5 Å². The van der Waals surface area contributed by atoms with Gasteiger partial charge in [-0.15, -0.1) is 0 Å². The minimum Gasteiger partial charge on any atom is -0.299 e. The number of hydrogen-bond acceptors (Lipinski definition) is 7. The van der Waals surface area contributed by atoms with Gasteiger partial charge in [-0.25, -0.2) is 15.0 Å². The SMILES string of the molecule is Cc1ccnc(NC(=O)c2nc(CN3CCS(O)(O)CC3)c3ccccn23)n1. The van der Waals surface area contributed by atoms with Crippen LogP contribution >= 0.6 is 10.6 Å². The molecule has 0 saturated carbocycles. The zero-order valence-corrected chi connectivity index (χ0v) is 16.3. The van der Waals surface area contributed by atoms with Crippen LogP contribution in [-0.4, -0.2) is 63.9 Å². The molecule has 28 heavy (non-hydrogen) atoms. The van der Waals surface area contributed by atoms with Crippen LogP contribution in [0.25, 0.3) is 5.52 Å². The van der Waals surface area contributed by atoms with Gasteiger partial charge in [0, 0.05) is 37.7 Å². The first kappa shape index (κ1) is 18.8. The summed E-state index contributed by atoms with van der Waals surface area (Å²) in [5, 5.41) is 2.70. The first-order valence-electron chi connectivity index (χ1n) is 8.94. The third-order valence-corrected chi connectivity index (χ3v) is 6.36. The van der Waals surface area contributed by atoms with Crippen LogP contribution in [0.5, 0.6) is 0 Å². The molecule has 0 atom stereocenters. The van der Waals surface area contributed by atoms with Crippen molar-refractivity contribution in [3.63, 3.8) is 0 Å². The van der Waals surface area contributed by atoms with E-state index in [1.807, 2.05) is 25.1 Å². The Morgan fingerprint density at radius 2 is 2.00 bits per heavy atom. The number of carbonyl (C=O) groups excluding carboxylic acids is 1. The zero-order valence-electron chi connectivity index (χ0n) is 15.4. The van der Waals surface area contributed by atoms with Gasteiger partial charge >= 0.3 is 0 Å². The second kappa shape index (κ2) is 7.47. The highest BCUT2D eigenvalue weighted by Gasteiger charge is 2.25. The normalized spacial score (nSPS) is 18.1. The number of nitrogens with one attached hydrogen (secondary N) is 1. The lowest BCUT2D eigenvalue weighted by Crippen LogP contribution is -2.37. The summed E-state index contributed by atoms with van der Waals surface area (Å²) in [6, 6.07) is 7.42. The molecule has 0 spiro atoms. The van der Waals surface area contributed by atoms with Crippen molar-refractivity contribution in [3.8, 4) is 0 Å². The van der Waals surface area contributed by atoms with Gasteiger partial charge in [0.05, 0.1) is 22.7 Å². The third-order valence-electron chi connectivity index (χ3n) is 4.69. The van der Waals surface area contributed by atoms with E-state index in [1.54, 1.807) is 22.9 Å². The number of nitrogens with zero attached hydrogens (tertiary/aromatic N) is 5. The summed E-state index contributed by atoms with van der Waals surface area (Å²) >= 11 is 0. The van der Waals surface area contributed by atoms with Crippen molar-refractivity contribution in [2.75, 3.05) is 29.9 Å². The number of aromatic nitrogens is 4. The number of hydrogen-bond donors (Lipinski definition) is 3. The molecule has 0 aliphatic carbocycles. The summed E-state index contributed by atoms with van der Waals surface area (Å²) in [5.41, 5.74) is 2.37. The van der Waals surface area contributed by atoms with Crippen LogP contribution in [0.1, 0.15) is 22.0 Å². The average molecular weight is 402 g/mol. The van der Waals surface area contributed by atoms with Gasteiger partial charge in [-0.3, -0.25) is 28.5 Å². The smallest absolute Gasteiger partial charge is 0.294 e. The molecule has 10 heteroatoms. The third kappa shape index (κ3) is 3.99. The second-order valence-corrected chi connectivity index (χ2v) is 9.22. The quantitative estimate of drug-likeness (QED) is 0.613. The van der Waals surface area contributed by atoms with E-state index in [4.69, 9.17) is 0 Å². The number of fused-ring (bicyclic) bond motifs is 1. The molecule has 3 aromatic rings. The van der Waals surface area contributed by atoms with E-state index >= 15 is 0 Å². The molecule has 9 nitrogen and oxygen atoms in total. The van der Waals surface area contributed by atoms with Crippen LogP contribution in [0.4, 0.5) is 5.95 Å². The Morgan fingerprint density at radius 3 is 2.75 bits per heavy atom. The minimum absolute atomic E-state index is 0.237. The summed E-state index contributed by atoms with van der Waals surface area (Å²) in [6.07, 6.45) is 3.39. The Bertz CT molecular complexity index is 1010. The van der Waals surface area contributed by atoms with Gasteiger partial charge in [-0.2, -0.15) is 10.6 Å². The molecule has 3 aromatic heterocycles. The molecule has 0 unspecified atom stereocenters. The van der Waals surface area contributed by atoms with Crippen LogP contribution in [0.2, 0.25) is 0 Å². The van der Waals surface area contributed by atoms with Gasteiger partial charge in [0.15, 0.2) is 0 Å². The number of amides is 1. The molecular weight excluding hydrogens is 380 g/mol. The van der Waals surface area contributed by atoms with Crippen molar-refractivity contribution in [1.82, 2.24) is 24.3 Å². The Kier molecular flexibility index (Phi) is 5.02. The van der Waals surface area contributed by atoms with E-state index in [0.29, 0.717) is 31.1 Å². The van der Waals surface area contributed by atoms with Gasteiger partial charge in [0.2, 0.25) is 11.8 Å². The molecule has 0 aromatic carbocycles. The van der Waals surface area contributed by atoms with Gasteiger partial charge in [-0.1, -0.05) is 6.07 Å². The molecule has 148 valence electrons. The minimum atomic E-state index is -2.44. The molecule has 1 fully saturated rings. The van der Waals surface area contributed by atoms with E-state index in [0.717, 1.165) is 16.9 Å². The van der Waals surface area contributed by atoms with E-state index in [2.05, 4.69) is 25.2 Å². The number of rotatable bonds is 4. The summed E-state index contributed by atoms with van der Waals surface area (Å²) in [5.74, 6) is 0.858. The van der Waals surface area contributed by atoms with Crippen molar-refractivity contribution in [3.05, 3.63) is 53.9 Å². The Morgan fingerprint density at radius 1 is 1.21 bits per heavy atom. The molecule has 0 bridgehead atoms. The maximum absolute atomic E-state index is 12.8. The van der Waals surface area contributed by atoms with Gasteiger partial charge in [0.25, 0.3) is 5.91 Å². The fraction of sp³-hybridized carbons (Fsp3) is 0.333. The fourth-order valence-electron chi connectivity index (χ4n) is 3.18. The number of carbonyl (C=O) groups is 1. The summed E-state index contributed by atoms with van der Waals surface area (Å²) in [7, 11) is -2.44. The average Bonchev–Trinajstić information content (AvgIpc) is 3.02. The highest BCUT2D eigenvalue weighted by atomic mass is 32.3. The lowest BCUT2D eigenvalue weighted by molar-refractivity contribution is 0.101. The molecule has 1 aliphatic rings. The zero-order chi connectivity index (χ0) is 19.7. The van der Waals surface area contributed by atoms with Crippen molar-refractivity contribution in [1.29, 1.82) is 0 Å². The first-order valence-corrected chi connectivity index (χ1v) is 10.8.